The third-order valence-electron chi connectivity index (χ3n) is 3.34. The van der Waals surface area contributed by atoms with Gasteiger partial charge in [-0.1, -0.05) is 29.8 Å². The topological polar surface area (TPSA) is 66.9 Å². The van der Waals surface area contributed by atoms with Crippen LogP contribution in [0.25, 0.3) is 0 Å². The van der Waals surface area contributed by atoms with Crippen LogP contribution in [-0.4, -0.2) is 15.9 Å². The van der Waals surface area contributed by atoms with Gasteiger partial charge in [0, 0.05) is 23.5 Å². The van der Waals surface area contributed by atoms with E-state index >= 15 is 0 Å². The maximum atomic E-state index is 12.9. The first-order chi connectivity index (χ1) is 12.1. The molecule has 0 saturated heterocycles. The molecule has 1 heterocycles. The van der Waals surface area contributed by atoms with Crippen LogP contribution in [0, 0.1) is 5.82 Å². The minimum absolute atomic E-state index is 0.224. The third kappa shape index (κ3) is 4.74. The van der Waals surface area contributed by atoms with E-state index in [0.29, 0.717) is 5.02 Å². The van der Waals surface area contributed by atoms with Crippen molar-refractivity contribution >= 4 is 29.1 Å². The Kier molecular flexibility index (Phi) is 5.20. The fraction of sp³-hybridized carbons (Fsp3) is 0.0556. The molecule has 0 saturated carbocycles. The molecule has 0 spiro atoms. The molecule has 1 aromatic heterocycles. The lowest BCUT2D eigenvalue weighted by Gasteiger charge is -2.08. The number of carbonyl (C=O) groups excluding carboxylic acids is 1. The van der Waals surface area contributed by atoms with E-state index in [0.717, 1.165) is 11.3 Å². The average Bonchev–Trinajstić information content (AvgIpc) is 2.61. The summed E-state index contributed by atoms with van der Waals surface area (Å²) >= 11 is 5.93. The van der Waals surface area contributed by atoms with E-state index in [9.17, 15) is 9.18 Å². The van der Waals surface area contributed by atoms with Crippen molar-refractivity contribution in [2.75, 3.05) is 5.32 Å². The molecule has 5 nitrogen and oxygen atoms in total. The third-order valence-corrected chi connectivity index (χ3v) is 3.57. The standard InChI is InChI=1S/C18H14ClFN4O/c19-13-2-1-3-15(10-13)23-18-21-9-8-16(24-18)17(25)22-11-12-4-6-14(20)7-5-12/h1-10H,11H2,(H,22,25)(H,21,23,24). The number of hydrogen-bond acceptors (Lipinski definition) is 4. The largest absolute Gasteiger partial charge is 0.347 e. The van der Waals surface area contributed by atoms with Gasteiger partial charge in [-0.2, -0.15) is 0 Å². The molecule has 126 valence electrons. The van der Waals surface area contributed by atoms with Crippen LogP contribution in [0.1, 0.15) is 16.1 Å². The first-order valence-electron chi connectivity index (χ1n) is 7.48. The summed E-state index contributed by atoms with van der Waals surface area (Å²) in [5.41, 5.74) is 1.74. The number of benzene rings is 2. The van der Waals surface area contributed by atoms with E-state index in [1.807, 2.05) is 6.07 Å². The molecule has 0 atom stereocenters. The molecular formula is C18H14ClFN4O. The van der Waals surface area contributed by atoms with Crippen molar-refractivity contribution in [3.8, 4) is 0 Å². The predicted octanol–water partition coefficient (Wildman–Crippen LogP) is 3.94. The van der Waals surface area contributed by atoms with Crippen LogP contribution in [0.3, 0.4) is 0 Å². The van der Waals surface area contributed by atoms with E-state index in [1.54, 1.807) is 30.3 Å². The Balaban J connectivity index is 1.65. The van der Waals surface area contributed by atoms with Gasteiger partial charge in [0.05, 0.1) is 0 Å². The molecule has 0 aliphatic heterocycles. The number of aromatic nitrogens is 2. The minimum Gasteiger partial charge on any atom is -0.347 e. The summed E-state index contributed by atoms with van der Waals surface area (Å²) in [6, 6.07) is 14.5. The molecule has 0 fully saturated rings. The molecule has 0 radical (unpaired) electrons. The van der Waals surface area contributed by atoms with E-state index in [4.69, 9.17) is 11.6 Å². The zero-order chi connectivity index (χ0) is 17.6. The van der Waals surface area contributed by atoms with Crippen LogP contribution in [-0.2, 0) is 6.54 Å². The summed E-state index contributed by atoms with van der Waals surface area (Å²) in [5.74, 6) is -0.375. The maximum absolute atomic E-state index is 12.9. The SMILES string of the molecule is O=C(NCc1ccc(F)cc1)c1ccnc(Nc2cccc(Cl)c2)n1. The summed E-state index contributed by atoms with van der Waals surface area (Å²) in [6.45, 7) is 0.278. The van der Waals surface area contributed by atoms with E-state index < -0.39 is 0 Å². The van der Waals surface area contributed by atoms with Gasteiger partial charge in [-0.15, -0.1) is 0 Å². The van der Waals surface area contributed by atoms with Crippen molar-refractivity contribution in [3.05, 3.63) is 82.9 Å². The van der Waals surface area contributed by atoms with Gasteiger partial charge in [0.2, 0.25) is 5.95 Å². The average molecular weight is 357 g/mol. The van der Waals surface area contributed by atoms with Crippen molar-refractivity contribution in [3.63, 3.8) is 0 Å². The number of nitrogens with one attached hydrogen (secondary N) is 2. The van der Waals surface area contributed by atoms with Gasteiger partial charge in [-0.25, -0.2) is 14.4 Å². The second kappa shape index (κ2) is 7.72. The van der Waals surface area contributed by atoms with Crippen LogP contribution in [0.2, 0.25) is 5.02 Å². The number of hydrogen-bond donors (Lipinski definition) is 2. The first-order valence-corrected chi connectivity index (χ1v) is 7.86. The number of nitrogens with zero attached hydrogens (tertiary/aromatic N) is 2. The van der Waals surface area contributed by atoms with Gasteiger partial charge in [-0.3, -0.25) is 4.79 Å². The Morgan fingerprint density at radius 3 is 2.68 bits per heavy atom. The van der Waals surface area contributed by atoms with Crippen LogP contribution >= 0.6 is 11.6 Å². The normalized spacial score (nSPS) is 10.3. The molecule has 0 bridgehead atoms. The fourth-order valence-electron chi connectivity index (χ4n) is 2.12. The van der Waals surface area contributed by atoms with Gasteiger partial charge >= 0.3 is 0 Å². The highest BCUT2D eigenvalue weighted by atomic mass is 35.5. The van der Waals surface area contributed by atoms with Crippen molar-refractivity contribution in [1.82, 2.24) is 15.3 Å². The molecule has 1 amide bonds. The molecule has 2 aromatic carbocycles. The van der Waals surface area contributed by atoms with Crippen LogP contribution in [0.5, 0.6) is 0 Å². The summed E-state index contributed by atoms with van der Waals surface area (Å²) in [4.78, 5) is 20.5. The van der Waals surface area contributed by atoms with Crippen LogP contribution < -0.4 is 10.6 Å². The lowest BCUT2D eigenvalue weighted by molar-refractivity contribution is 0.0946. The van der Waals surface area contributed by atoms with Crippen LogP contribution in [0.15, 0.2) is 60.8 Å². The second-order valence-corrected chi connectivity index (χ2v) is 5.65. The second-order valence-electron chi connectivity index (χ2n) is 5.21. The van der Waals surface area contributed by atoms with E-state index in [1.165, 1.54) is 24.4 Å². The molecule has 3 rings (SSSR count). The van der Waals surface area contributed by atoms with Gasteiger partial charge in [0.15, 0.2) is 0 Å². The van der Waals surface area contributed by atoms with Crippen molar-refractivity contribution in [1.29, 1.82) is 0 Å². The lowest BCUT2D eigenvalue weighted by atomic mass is 10.2. The van der Waals surface area contributed by atoms with Crippen molar-refractivity contribution in [2.45, 2.75) is 6.54 Å². The molecule has 0 unspecified atom stereocenters. The minimum atomic E-state index is -0.346. The number of rotatable bonds is 5. The first kappa shape index (κ1) is 16.9. The number of anilines is 2. The Labute approximate surface area is 148 Å². The summed E-state index contributed by atoms with van der Waals surface area (Å²) in [6.07, 6.45) is 1.49. The number of amides is 1. The summed E-state index contributed by atoms with van der Waals surface area (Å²) in [7, 11) is 0. The summed E-state index contributed by atoms with van der Waals surface area (Å²) in [5, 5.41) is 6.31. The van der Waals surface area contributed by atoms with Gasteiger partial charge < -0.3 is 10.6 Å². The van der Waals surface area contributed by atoms with Gasteiger partial charge in [0.1, 0.15) is 11.5 Å². The molecule has 7 heteroatoms. The molecule has 2 N–H and O–H groups in total. The van der Waals surface area contributed by atoms with Crippen molar-refractivity contribution < 1.29 is 9.18 Å². The molecule has 25 heavy (non-hydrogen) atoms. The number of carbonyl (C=O) groups is 1. The summed E-state index contributed by atoms with van der Waals surface area (Å²) < 4.78 is 12.9. The molecule has 3 aromatic rings. The fourth-order valence-corrected chi connectivity index (χ4v) is 2.31. The Hall–Kier alpha value is -2.99. The monoisotopic (exact) mass is 356 g/mol. The predicted molar refractivity (Wildman–Crippen MR) is 94.3 cm³/mol. The highest BCUT2D eigenvalue weighted by Crippen LogP contribution is 2.17. The molecular weight excluding hydrogens is 343 g/mol. The highest BCUT2D eigenvalue weighted by molar-refractivity contribution is 6.30. The molecule has 0 aliphatic rings. The quantitative estimate of drug-likeness (QED) is 0.726. The zero-order valence-corrected chi connectivity index (χ0v) is 13.8. The van der Waals surface area contributed by atoms with E-state index in [-0.39, 0.29) is 29.9 Å². The smallest absolute Gasteiger partial charge is 0.270 e. The van der Waals surface area contributed by atoms with Gasteiger partial charge in [-0.05, 0) is 42.0 Å². The number of halogens is 2. The lowest BCUT2D eigenvalue weighted by Crippen LogP contribution is -2.24. The molecule has 0 aliphatic carbocycles. The van der Waals surface area contributed by atoms with Crippen LogP contribution in [0.4, 0.5) is 16.0 Å². The zero-order valence-electron chi connectivity index (χ0n) is 13.0. The Morgan fingerprint density at radius 2 is 1.92 bits per heavy atom. The highest BCUT2D eigenvalue weighted by Gasteiger charge is 2.09. The Bertz CT molecular complexity index is 886. The maximum Gasteiger partial charge on any atom is 0.270 e. The Morgan fingerprint density at radius 1 is 1.12 bits per heavy atom. The van der Waals surface area contributed by atoms with E-state index in [2.05, 4.69) is 20.6 Å². The van der Waals surface area contributed by atoms with Gasteiger partial charge in [0.25, 0.3) is 5.91 Å². The van der Waals surface area contributed by atoms with Crippen molar-refractivity contribution in [2.24, 2.45) is 0 Å².